The Morgan fingerprint density at radius 1 is 0.273 bits per heavy atom. The van der Waals surface area contributed by atoms with Crippen LogP contribution in [0.15, 0.2) is 60.8 Å². The fourth-order valence-electron chi connectivity index (χ4n) is 10.0. The Hall–Kier alpha value is -2.89. The summed E-state index contributed by atoms with van der Waals surface area (Å²) >= 11 is 0. The van der Waals surface area contributed by atoms with Crippen LogP contribution in [0.5, 0.6) is 0 Å². The molecule has 0 aromatic heterocycles. The zero-order valence-electron chi connectivity index (χ0n) is 51.5. The average Bonchev–Trinajstić information content (AvgIpc) is 3.43. The largest absolute Gasteiger partial charge is 0.462 e. The first-order valence-corrected chi connectivity index (χ1v) is 33.8. The van der Waals surface area contributed by atoms with Gasteiger partial charge in [-0.25, -0.2) is 0 Å². The van der Waals surface area contributed by atoms with Crippen LogP contribution in [0.2, 0.25) is 0 Å². The Bertz CT molecular complexity index is 1380. The molecule has 0 N–H and O–H groups in total. The van der Waals surface area contributed by atoms with Crippen LogP contribution in [0.25, 0.3) is 0 Å². The number of rotatable bonds is 62. The summed E-state index contributed by atoms with van der Waals surface area (Å²) in [5.41, 5.74) is 0. The lowest BCUT2D eigenvalue weighted by Crippen LogP contribution is -2.30. The first-order chi connectivity index (χ1) is 38.0. The van der Waals surface area contributed by atoms with Gasteiger partial charge in [-0.15, -0.1) is 0 Å². The first kappa shape index (κ1) is 74.1. The second kappa shape index (κ2) is 65.6. The van der Waals surface area contributed by atoms with Gasteiger partial charge in [0.15, 0.2) is 6.10 Å². The Morgan fingerprint density at radius 2 is 0.506 bits per heavy atom. The Balaban J connectivity index is 4.37. The summed E-state index contributed by atoms with van der Waals surface area (Å²) < 4.78 is 17.0. The molecule has 0 radical (unpaired) electrons. The van der Waals surface area contributed by atoms with E-state index < -0.39 is 6.10 Å². The molecule has 77 heavy (non-hydrogen) atoms. The first-order valence-electron chi connectivity index (χ1n) is 33.8. The van der Waals surface area contributed by atoms with Crippen molar-refractivity contribution in [1.29, 1.82) is 0 Å². The highest BCUT2D eigenvalue weighted by atomic mass is 16.6. The van der Waals surface area contributed by atoms with Crippen LogP contribution in [-0.4, -0.2) is 37.2 Å². The summed E-state index contributed by atoms with van der Waals surface area (Å²) in [6.45, 7) is 6.58. The maximum Gasteiger partial charge on any atom is 0.306 e. The van der Waals surface area contributed by atoms with Gasteiger partial charge < -0.3 is 14.2 Å². The van der Waals surface area contributed by atoms with Crippen molar-refractivity contribution in [3.05, 3.63) is 60.8 Å². The quantitative estimate of drug-likeness (QED) is 0.0261. The molecule has 0 amide bonds. The van der Waals surface area contributed by atoms with Gasteiger partial charge in [-0.1, -0.05) is 332 Å². The number of hydrogen-bond acceptors (Lipinski definition) is 6. The highest BCUT2D eigenvalue weighted by Gasteiger charge is 2.19. The van der Waals surface area contributed by atoms with Crippen LogP contribution in [-0.2, 0) is 28.6 Å². The maximum atomic E-state index is 12.9. The van der Waals surface area contributed by atoms with Gasteiger partial charge in [0.2, 0.25) is 0 Å². The molecule has 6 heteroatoms. The number of unbranched alkanes of at least 4 members (excludes halogenated alkanes) is 41. The zero-order chi connectivity index (χ0) is 55.7. The molecule has 1 unspecified atom stereocenters. The molecule has 0 rings (SSSR count). The molecule has 0 aliphatic heterocycles. The second-order valence-electron chi connectivity index (χ2n) is 22.7. The predicted octanol–water partition coefficient (Wildman–Crippen LogP) is 23.1. The van der Waals surface area contributed by atoms with Gasteiger partial charge in [-0.05, 0) is 64.2 Å². The van der Waals surface area contributed by atoms with Crippen molar-refractivity contribution in [3.63, 3.8) is 0 Å². The van der Waals surface area contributed by atoms with Crippen molar-refractivity contribution in [2.24, 2.45) is 0 Å². The summed E-state index contributed by atoms with van der Waals surface area (Å²) in [6.07, 6.45) is 83.7. The van der Waals surface area contributed by atoms with E-state index in [-0.39, 0.29) is 31.1 Å². The minimum atomic E-state index is -0.781. The number of esters is 3. The minimum Gasteiger partial charge on any atom is -0.462 e. The summed E-state index contributed by atoms with van der Waals surface area (Å²) in [7, 11) is 0. The Kier molecular flexibility index (Phi) is 63.2. The second-order valence-corrected chi connectivity index (χ2v) is 22.7. The normalized spacial score (nSPS) is 12.4. The smallest absolute Gasteiger partial charge is 0.306 e. The molecule has 0 aliphatic rings. The Labute approximate surface area is 479 Å². The van der Waals surface area contributed by atoms with E-state index in [9.17, 15) is 14.4 Å². The van der Waals surface area contributed by atoms with Crippen LogP contribution in [0.1, 0.15) is 355 Å². The van der Waals surface area contributed by atoms with Crippen molar-refractivity contribution in [2.75, 3.05) is 13.2 Å². The molecule has 448 valence electrons. The van der Waals surface area contributed by atoms with E-state index in [1.54, 1.807) is 0 Å². The van der Waals surface area contributed by atoms with Gasteiger partial charge in [0.05, 0.1) is 0 Å². The highest BCUT2D eigenvalue weighted by molar-refractivity contribution is 5.71. The zero-order valence-corrected chi connectivity index (χ0v) is 51.5. The van der Waals surface area contributed by atoms with Gasteiger partial charge in [-0.2, -0.15) is 0 Å². The van der Waals surface area contributed by atoms with Crippen LogP contribution in [0.4, 0.5) is 0 Å². The molecule has 0 bridgehead atoms. The number of carbonyl (C=O) groups excluding carboxylic acids is 3. The number of allylic oxidation sites excluding steroid dienone is 10. The van der Waals surface area contributed by atoms with E-state index in [0.29, 0.717) is 19.3 Å². The van der Waals surface area contributed by atoms with Crippen molar-refractivity contribution < 1.29 is 28.6 Å². The lowest BCUT2D eigenvalue weighted by atomic mass is 10.0. The molecular weight excluding hydrogens is 949 g/mol. The van der Waals surface area contributed by atoms with Gasteiger partial charge in [0.25, 0.3) is 0 Å². The molecule has 0 aromatic carbocycles. The van der Waals surface area contributed by atoms with Gasteiger partial charge >= 0.3 is 17.9 Å². The summed E-state index contributed by atoms with van der Waals surface area (Å²) in [5, 5.41) is 0. The third-order valence-corrected chi connectivity index (χ3v) is 15.0. The molecule has 0 saturated heterocycles. The maximum absolute atomic E-state index is 12.9. The predicted molar refractivity (Wildman–Crippen MR) is 335 cm³/mol. The van der Waals surface area contributed by atoms with E-state index in [0.717, 1.165) is 109 Å². The minimum absolute atomic E-state index is 0.0754. The molecule has 6 nitrogen and oxygen atoms in total. The molecule has 0 aromatic rings. The monoisotopic (exact) mass is 1080 g/mol. The van der Waals surface area contributed by atoms with E-state index in [2.05, 4.69) is 81.5 Å². The number of carbonyl (C=O) groups is 3. The summed E-state index contributed by atoms with van der Waals surface area (Å²) in [5.74, 6) is -0.870. The van der Waals surface area contributed by atoms with Gasteiger partial charge in [-0.3, -0.25) is 14.4 Å². The van der Waals surface area contributed by atoms with Crippen LogP contribution < -0.4 is 0 Å². The highest BCUT2D eigenvalue weighted by Crippen LogP contribution is 2.18. The number of hydrogen-bond donors (Lipinski definition) is 0. The molecule has 0 fully saturated rings. The van der Waals surface area contributed by atoms with Crippen LogP contribution in [0, 0.1) is 0 Å². The fraction of sp³-hybridized carbons (Fsp3) is 0.817. The topological polar surface area (TPSA) is 78.9 Å². The molecule has 1 atom stereocenters. The van der Waals surface area contributed by atoms with E-state index in [4.69, 9.17) is 14.2 Å². The summed E-state index contributed by atoms with van der Waals surface area (Å²) in [4.78, 5) is 38.4. The van der Waals surface area contributed by atoms with E-state index >= 15 is 0 Å². The molecular formula is C71H128O6. The third-order valence-electron chi connectivity index (χ3n) is 15.0. The van der Waals surface area contributed by atoms with E-state index in [1.165, 1.54) is 205 Å². The van der Waals surface area contributed by atoms with Crippen molar-refractivity contribution >= 4 is 17.9 Å². The number of ether oxygens (including phenoxy) is 3. The third kappa shape index (κ3) is 63.8. The molecule has 0 aliphatic carbocycles. The molecule has 0 spiro atoms. The van der Waals surface area contributed by atoms with Gasteiger partial charge in [0, 0.05) is 19.3 Å². The SMILES string of the molecule is CC/C=C\C/C=C\C/C=C\C/C=C\C/C=C\CCCCCCCC(=O)OCC(COC(=O)CCCCCCCCCCCCCCCCCCCC)OC(=O)CCCCCCCCCCCCCCCCCCCCCC. The Morgan fingerprint density at radius 3 is 0.792 bits per heavy atom. The standard InChI is InChI=1S/C71H128O6/c1-4-7-10-13-16-19-22-25-28-31-34-36-38-40-43-46-49-52-55-58-61-64-70(73)76-67-68(66-75-69(72)63-60-57-54-51-48-45-42-39-33-30-27-24-21-18-15-12-9-6-3)77-71(74)65-62-59-56-53-50-47-44-41-37-35-32-29-26-23-20-17-14-11-8-5-2/h7,10,16,19,25,28,34,36,40,43,68H,4-6,8-9,11-15,17-18,20-24,26-27,29-33,35,37-39,41-42,44-67H2,1-3H3/b10-7-,19-16-,28-25-,36-34-,43-40-. The van der Waals surface area contributed by atoms with Crippen LogP contribution >= 0.6 is 0 Å². The summed E-state index contributed by atoms with van der Waals surface area (Å²) in [6, 6.07) is 0. The van der Waals surface area contributed by atoms with Gasteiger partial charge in [0.1, 0.15) is 13.2 Å². The van der Waals surface area contributed by atoms with Crippen molar-refractivity contribution in [2.45, 2.75) is 361 Å². The average molecular weight is 1080 g/mol. The molecule has 0 heterocycles. The van der Waals surface area contributed by atoms with Crippen LogP contribution in [0.3, 0.4) is 0 Å². The van der Waals surface area contributed by atoms with Crippen molar-refractivity contribution in [1.82, 2.24) is 0 Å². The molecule has 0 saturated carbocycles. The fourth-order valence-corrected chi connectivity index (χ4v) is 10.0. The lowest BCUT2D eigenvalue weighted by molar-refractivity contribution is -0.167. The van der Waals surface area contributed by atoms with Crippen molar-refractivity contribution in [3.8, 4) is 0 Å². The van der Waals surface area contributed by atoms with E-state index in [1.807, 2.05) is 0 Å². The lowest BCUT2D eigenvalue weighted by Gasteiger charge is -2.18.